The van der Waals surface area contributed by atoms with Crippen molar-refractivity contribution in [1.29, 1.82) is 0 Å². The highest BCUT2D eigenvalue weighted by Gasteiger charge is 2.47. The van der Waals surface area contributed by atoms with E-state index in [0.29, 0.717) is 17.0 Å². The number of ether oxygens (including phenoxy) is 3. The van der Waals surface area contributed by atoms with E-state index < -0.39 is 29.3 Å². The fourth-order valence-electron chi connectivity index (χ4n) is 4.05. The van der Waals surface area contributed by atoms with Crippen molar-refractivity contribution in [3.8, 4) is 17.2 Å². The molecule has 1 amide bonds. The van der Waals surface area contributed by atoms with Gasteiger partial charge in [0, 0.05) is 5.69 Å². The molecule has 0 radical (unpaired) electrons. The van der Waals surface area contributed by atoms with Crippen molar-refractivity contribution in [2.45, 2.75) is 6.04 Å². The van der Waals surface area contributed by atoms with Crippen LogP contribution in [0.1, 0.15) is 17.2 Å². The quantitative estimate of drug-likeness (QED) is 0.330. The van der Waals surface area contributed by atoms with Crippen LogP contribution in [-0.4, -0.2) is 38.1 Å². The maximum Gasteiger partial charge on any atom is 0.300 e. The summed E-state index contributed by atoms with van der Waals surface area (Å²) in [6.07, 6.45) is 0. The number of amides is 1. The molecule has 7 nitrogen and oxygen atoms in total. The number of nitrogens with zero attached hydrogens (tertiary/aromatic N) is 1. The minimum atomic E-state index is -1.02. The van der Waals surface area contributed by atoms with Gasteiger partial charge in [-0.3, -0.25) is 14.5 Å². The third-order valence-corrected chi connectivity index (χ3v) is 5.62. The van der Waals surface area contributed by atoms with E-state index in [1.807, 2.05) is 0 Å². The number of methoxy groups -OCH3 is 3. The summed E-state index contributed by atoms with van der Waals surface area (Å²) >= 11 is 0. The highest BCUT2D eigenvalue weighted by molar-refractivity contribution is 6.51. The van der Waals surface area contributed by atoms with Gasteiger partial charge >= 0.3 is 0 Å². The highest BCUT2D eigenvalue weighted by Crippen LogP contribution is 2.45. The standard InChI is InChI=1S/C26H22FNO6/c1-32-18-7-4-6-15(14-18)23-22(24(29)21-19(33-2)8-5-9-20(21)34-3)25(30)26(31)28(23)17-12-10-16(27)11-13-17/h4-14,23,29H,1-3H3/b24-22+. The number of halogens is 1. The molecule has 0 saturated carbocycles. The molecule has 0 aliphatic carbocycles. The first-order chi connectivity index (χ1) is 16.4. The fourth-order valence-corrected chi connectivity index (χ4v) is 4.05. The second-order valence-electron chi connectivity index (χ2n) is 7.46. The summed E-state index contributed by atoms with van der Waals surface area (Å²) in [5, 5.41) is 11.4. The number of anilines is 1. The van der Waals surface area contributed by atoms with Gasteiger partial charge in [-0.1, -0.05) is 18.2 Å². The Morgan fingerprint density at radius 1 is 0.882 bits per heavy atom. The molecular weight excluding hydrogens is 441 g/mol. The van der Waals surface area contributed by atoms with Gasteiger partial charge in [-0.05, 0) is 54.1 Å². The summed E-state index contributed by atoms with van der Waals surface area (Å²) in [5.74, 6) is -1.69. The Hall–Kier alpha value is -4.33. The van der Waals surface area contributed by atoms with Crippen molar-refractivity contribution in [1.82, 2.24) is 0 Å². The minimum Gasteiger partial charge on any atom is -0.506 e. The Morgan fingerprint density at radius 3 is 2.09 bits per heavy atom. The number of hydrogen-bond donors (Lipinski definition) is 1. The molecule has 1 aliphatic heterocycles. The Bertz CT molecular complexity index is 1260. The Balaban J connectivity index is 2.02. The monoisotopic (exact) mass is 463 g/mol. The lowest BCUT2D eigenvalue weighted by Gasteiger charge is -2.26. The number of ketones is 1. The van der Waals surface area contributed by atoms with Gasteiger partial charge in [0.2, 0.25) is 0 Å². The van der Waals surface area contributed by atoms with Gasteiger partial charge in [0.1, 0.15) is 34.4 Å². The molecule has 1 unspecified atom stereocenters. The predicted molar refractivity (Wildman–Crippen MR) is 124 cm³/mol. The summed E-state index contributed by atoms with van der Waals surface area (Å²) in [4.78, 5) is 27.8. The molecule has 1 saturated heterocycles. The van der Waals surface area contributed by atoms with Crippen LogP contribution in [0.3, 0.4) is 0 Å². The Kier molecular flexibility index (Phi) is 6.23. The number of Topliss-reactive ketones (excluding diaryl/α,β-unsaturated/α-hetero) is 1. The smallest absolute Gasteiger partial charge is 0.300 e. The lowest BCUT2D eigenvalue weighted by atomic mass is 9.94. The average molecular weight is 463 g/mol. The third-order valence-electron chi connectivity index (χ3n) is 5.62. The van der Waals surface area contributed by atoms with E-state index in [1.165, 1.54) is 50.5 Å². The molecule has 0 aromatic heterocycles. The summed E-state index contributed by atoms with van der Waals surface area (Å²) in [7, 11) is 4.33. The first-order valence-electron chi connectivity index (χ1n) is 10.3. The molecule has 3 aromatic rings. The molecule has 1 fully saturated rings. The van der Waals surface area contributed by atoms with Crippen molar-refractivity contribution >= 4 is 23.1 Å². The second kappa shape index (κ2) is 9.27. The van der Waals surface area contributed by atoms with Gasteiger partial charge in [0.15, 0.2) is 0 Å². The molecule has 1 aliphatic rings. The van der Waals surface area contributed by atoms with E-state index in [1.54, 1.807) is 42.5 Å². The highest BCUT2D eigenvalue weighted by atomic mass is 19.1. The van der Waals surface area contributed by atoms with Gasteiger partial charge in [-0.2, -0.15) is 0 Å². The zero-order valence-corrected chi connectivity index (χ0v) is 18.7. The molecule has 4 rings (SSSR count). The lowest BCUT2D eigenvalue weighted by Crippen LogP contribution is -2.29. The first kappa shape index (κ1) is 22.8. The lowest BCUT2D eigenvalue weighted by molar-refractivity contribution is -0.132. The minimum absolute atomic E-state index is 0.137. The van der Waals surface area contributed by atoms with E-state index in [0.717, 1.165) is 0 Å². The molecule has 0 bridgehead atoms. The van der Waals surface area contributed by atoms with Crippen LogP contribution in [0.25, 0.3) is 5.76 Å². The van der Waals surface area contributed by atoms with Crippen LogP contribution in [0.15, 0.2) is 72.3 Å². The topological polar surface area (TPSA) is 85.3 Å². The zero-order valence-electron chi connectivity index (χ0n) is 18.7. The van der Waals surface area contributed by atoms with Gasteiger partial charge < -0.3 is 19.3 Å². The molecule has 34 heavy (non-hydrogen) atoms. The molecule has 174 valence electrons. The molecule has 0 spiro atoms. The number of carbonyl (C=O) groups excluding carboxylic acids is 2. The molecule has 3 aromatic carbocycles. The van der Waals surface area contributed by atoms with Crippen LogP contribution in [0.4, 0.5) is 10.1 Å². The molecular formula is C26H22FNO6. The maximum absolute atomic E-state index is 13.6. The van der Waals surface area contributed by atoms with E-state index in [9.17, 15) is 19.1 Å². The second-order valence-corrected chi connectivity index (χ2v) is 7.46. The molecule has 8 heteroatoms. The van der Waals surface area contributed by atoms with Crippen LogP contribution >= 0.6 is 0 Å². The van der Waals surface area contributed by atoms with Crippen LogP contribution < -0.4 is 19.1 Å². The number of rotatable bonds is 6. The van der Waals surface area contributed by atoms with Crippen LogP contribution in [0.5, 0.6) is 17.2 Å². The maximum atomic E-state index is 13.6. The van der Waals surface area contributed by atoms with E-state index in [-0.39, 0.29) is 22.6 Å². The summed E-state index contributed by atoms with van der Waals surface area (Å²) in [6.45, 7) is 0. The number of hydrogen-bond acceptors (Lipinski definition) is 6. The Labute approximate surface area is 195 Å². The van der Waals surface area contributed by atoms with Gasteiger partial charge in [0.25, 0.3) is 11.7 Å². The predicted octanol–water partition coefficient (Wildman–Crippen LogP) is 4.48. The largest absolute Gasteiger partial charge is 0.506 e. The van der Waals surface area contributed by atoms with E-state index in [2.05, 4.69) is 0 Å². The van der Waals surface area contributed by atoms with Crippen LogP contribution in [0, 0.1) is 5.82 Å². The first-order valence-corrected chi connectivity index (χ1v) is 10.3. The average Bonchev–Trinajstić information content (AvgIpc) is 3.13. The zero-order chi connectivity index (χ0) is 24.4. The van der Waals surface area contributed by atoms with Crippen molar-refractivity contribution in [2.24, 2.45) is 0 Å². The SMILES string of the molecule is COc1cccc(C2/C(=C(\O)c3c(OC)cccc3OC)C(=O)C(=O)N2c2ccc(F)cc2)c1. The van der Waals surface area contributed by atoms with Gasteiger partial charge in [0.05, 0.1) is 32.9 Å². The van der Waals surface area contributed by atoms with Crippen molar-refractivity contribution in [3.63, 3.8) is 0 Å². The molecule has 1 atom stereocenters. The third kappa shape index (κ3) is 3.83. The molecule has 1 heterocycles. The van der Waals surface area contributed by atoms with Crippen LogP contribution in [0.2, 0.25) is 0 Å². The Morgan fingerprint density at radius 2 is 1.50 bits per heavy atom. The van der Waals surface area contributed by atoms with Crippen LogP contribution in [-0.2, 0) is 9.59 Å². The van der Waals surface area contributed by atoms with E-state index in [4.69, 9.17) is 14.2 Å². The van der Waals surface area contributed by atoms with Crippen molar-refractivity contribution in [3.05, 3.63) is 89.2 Å². The summed E-state index contributed by atoms with van der Waals surface area (Å²) in [5.41, 5.74) is 0.781. The fraction of sp³-hybridized carbons (Fsp3) is 0.154. The number of benzene rings is 3. The number of aliphatic hydroxyl groups excluding tert-OH is 1. The van der Waals surface area contributed by atoms with Gasteiger partial charge in [-0.15, -0.1) is 0 Å². The normalized spacial score (nSPS) is 17.1. The van der Waals surface area contributed by atoms with E-state index >= 15 is 0 Å². The van der Waals surface area contributed by atoms with Crippen molar-refractivity contribution < 1.29 is 33.3 Å². The number of aliphatic hydroxyl groups is 1. The number of carbonyl (C=O) groups is 2. The van der Waals surface area contributed by atoms with Gasteiger partial charge in [-0.25, -0.2) is 4.39 Å². The molecule has 1 N–H and O–H groups in total. The van der Waals surface area contributed by atoms with Crippen molar-refractivity contribution in [2.75, 3.05) is 26.2 Å². The summed E-state index contributed by atoms with van der Waals surface area (Å²) in [6, 6.07) is 15.9. The summed E-state index contributed by atoms with van der Waals surface area (Å²) < 4.78 is 29.7.